The zero-order chi connectivity index (χ0) is 15.7. The molecule has 0 aromatic carbocycles. The third-order valence-corrected chi connectivity index (χ3v) is 5.08. The van der Waals surface area contributed by atoms with Crippen molar-refractivity contribution in [1.29, 1.82) is 0 Å². The lowest BCUT2D eigenvalue weighted by Crippen LogP contribution is -2.31. The molecular formula is C15H20N4O2S. The van der Waals surface area contributed by atoms with Crippen LogP contribution in [0.5, 0.6) is 0 Å². The number of primary amides is 1. The molecule has 118 valence electrons. The third kappa shape index (κ3) is 2.92. The van der Waals surface area contributed by atoms with Gasteiger partial charge in [0.2, 0.25) is 5.91 Å². The summed E-state index contributed by atoms with van der Waals surface area (Å²) >= 11 is 1.54. The van der Waals surface area contributed by atoms with Gasteiger partial charge in [-0.15, -0.1) is 11.3 Å². The number of carbonyl (C=O) groups excluding carboxylic acids is 1. The van der Waals surface area contributed by atoms with Crippen LogP contribution in [0.1, 0.15) is 39.0 Å². The Morgan fingerprint density at radius 1 is 1.64 bits per heavy atom. The number of hydrogen-bond donors (Lipinski definition) is 2. The van der Waals surface area contributed by atoms with Gasteiger partial charge in [-0.1, -0.05) is 0 Å². The highest BCUT2D eigenvalue weighted by Crippen LogP contribution is 2.31. The van der Waals surface area contributed by atoms with Crippen LogP contribution in [0.15, 0.2) is 17.6 Å². The molecule has 3 rings (SSSR count). The fourth-order valence-electron chi connectivity index (χ4n) is 2.73. The number of nitrogens with two attached hydrogens (primary N) is 1. The number of aryl methyl sites for hydroxylation is 1. The van der Waals surface area contributed by atoms with E-state index in [9.17, 15) is 4.79 Å². The van der Waals surface area contributed by atoms with E-state index in [1.165, 1.54) is 0 Å². The van der Waals surface area contributed by atoms with Gasteiger partial charge in [0.05, 0.1) is 11.8 Å². The number of aromatic nitrogens is 2. The van der Waals surface area contributed by atoms with Crippen LogP contribution in [0.2, 0.25) is 0 Å². The summed E-state index contributed by atoms with van der Waals surface area (Å²) in [4.78, 5) is 12.2. The van der Waals surface area contributed by atoms with Crippen LogP contribution < -0.4 is 11.1 Å². The van der Waals surface area contributed by atoms with Crippen LogP contribution >= 0.6 is 11.3 Å². The quantitative estimate of drug-likeness (QED) is 0.875. The fourth-order valence-corrected chi connectivity index (χ4v) is 3.56. The van der Waals surface area contributed by atoms with Gasteiger partial charge in [0.1, 0.15) is 6.10 Å². The lowest BCUT2D eigenvalue weighted by atomic mass is 10.0. The molecule has 1 aliphatic rings. The number of thiophene rings is 1. The average molecular weight is 320 g/mol. The largest absolute Gasteiger partial charge is 0.372 e. The minimum Gasteiger partial charge on any atom is -0.372 e. The van der Waals surface area contributed by atoms with Crippen molar-refractivity contribution in [2.75, 3.05) is 6.61 Å². The maximum atomic E-state index is 11.1. The Kier molecular flexibility index (Phi) is 4.28. The van der Waals surface area contributed by atoms with Crippen LogP contribution in [0.3, 0.4) is 0 Å². The number of nitrogens with zero attached hydrogens (tertiary/aromatic N) is 2. The molecule has 1 amide bonds. The van der Waals surface area contributed by atoms with Gasteiger partial charge in [-0.25, -0.2) is 0 Å². The van der Waals surface area contributed by atoms with Gasteiger partial charge < -0.3 is 15.8 Å². The van der Waals surface area contributed by atoms with Gasteiger partial charge in [0.15, 0.2) is 0 Å². The molecular weight excluding hydrogens is 300 g/mol. The molecule has 6 nitrogen and oxygen atoms in total. The summed E-state index contributed by atoms with van der Waals surface area (Å²) in [6, 6.07) is 2.10. The highest BCUT2D eigenvalue weighted by molar-refractivity contribution is 7.10. The smallest absolute Gasteiger partial charge is 0.249 e. The molecule has 2 aromatic rings. The molecule has 0 saturated carbocycles. The van der Waals surface area contributed by atoms with Crippen LogP contribution in [-0.2, 0) is 18.3 Å². The number of nitrogens with one attached hydrogen (secondary N) is 1. The second kappa shape index (κ2) is 6.20. The number of carbonyl (C=O) groups is 1. The molecule has 0 spiro atoms. The van der Waals surface area contributed by atoms with Crippen LogP contribution in [-0.4, -0.2) is 28.3 Å². The van der Waals surface area contributed by atoms with Gasteiger partial charge in [-0.05, 0) is 19.4 Å². The highest BCUT2D eigenvalue weighted by atomic mass is 32.1. The SMILES string of the molecule is Cc1c([C@H]2OCC[C@@H]2NCc2cc(C(N)=O)cs2)cnn1C. The molecule has 2 atom stereocenters. The monoisotopic (exact) mass is 320 g/mol. The number of ether oxygens (including phenoxy) is 1. The van der Waals surface area contributed by atoms with Crippen molar-refractivity contribution < 1.29 is 9.53 Å². The van der Waals surface area contributed by atoms with E-state index in [-0.39, 0.29) is 18.1 Å². The standard InChI is InChI=1S/C15H20N4O2S/c1-9-12(7-18-19(9)2)14-13(3-4-21-14)17-6-11-5-10(8-22-11)15(16)20/h5,7-8,13-14,17H,3-4,6H2,1-2H3,(H2,16,20)/t13-,14+/m0/s1. The van der Waals surface area contributed by atoms with E-state index in [1.807, 2.05) is 24.0 Å². The van der Waals surface area contributed by atoms with E-state index < -0.39 is 0 Å². The Morgan fingerprint density at radius 3 is 3.09 bits per heavy atom. The van der Waals surface area contributed by atoms with E-state index >= 15 is 0 Å². The van der Waals surface area contributed by atoms with Crippen LogP contribution in [0.25, 0.3) is 0 Å². The topological polar surface area (TPSA) is 82.2 Å². The molecule has 0 bridgehead atoms. The summed E-state index contributed by atoms with van der Waals surface area (Å²) in [7, 11) is 1.94. The summed E-state index contributed by atoms with van der Waals surface area (Å²) in [5, 5.41) is 9.63. The van der Waals surface area contributed by atoms with Crippen molar-refractivity contribution in [1.82, 2.24) is 15.1 Å². The number of rotatable bonds is 5. The first-order chi connectivity index (χ1) is 10.6. The molecule has 1 saturated heterocycles. The Morgan fingerprint density at radius 2 is 2.45 bits per heavy atom. The molecule has 0 aliphatic carbocycles. The molecule has 7 heteroatoms. The molecule has 0 unspecified atom stereocenters. The lowest BCUT2D eigenvalue weighted by molar-refractivity contribution is 0.0978. The van der Waals surface area contributed by atoms with E-state index in [4.69, 9.17) is 10.5 Å². The maximum absolute atomic E-state index is 11.1. The molecule has 22 heavy (non-hydrogen) atoms. The minimum absolute atomic E-state index is 0.0317. The van der Waals surface area contributed by atoms with Crippen molar-refractivity contribution in [2.24, 2.45) is 12.8 Å². The van der Waals surface area contributed by atoms with Crippen LogP contribution in [0.4, 0.5) is 0 Å². The molecule has 1 fully saturated rings. The summed E-state index contributed by atoms with van der Waals surface area (Å²) in [5.41, 5.74) is 8.12. The Bertz CT molecular complexity index is 679. The van der Waals surface area contributed by atoms with Gasteiger partial charge >= 0.3 is 0 Å². The van der Waals surface area contributed by atoms with Crippen molar-refractivity contribution in [3.05, 3.63) is 39.3 Å². The predicted octanol–water partition coefficient (Wildman–Crippen LogP) is 1.51. The first-order valence-corrected chi connectivity index (χ1v) is 8.15. The summed E-state index contributed by atoms with van der Waals surface area (Å²) in [6.45, 7) is 3.51. The van der Waals surface area contributed by atoms with Gasteiger partial charge in [0, 0.05) is 47.8 Å². The molecule has 0 radical (unpaired) electrons. The van der Waals surface area contributed by atoms with Crippen LogP contribution in [0, 0.1) is 6.92 Å². The first kappa shape index (κ1) is 15.2. The normalized spacial score (nSPS) is 21.4. The maximum Gasteiger partial charge on any atom is 0.249 e. The summed E-state index contributed by atoms with van der Waals surface area (Å²) in [6.07, 6.45) is 2.88. The van der Waals surface area contributed by atoms with Gasteiger partial charge in [0.25, 0.3) is 0 Å². The Labute approximate surface area is 133 Å². The molecule has 3 N–H and O–H groups in total. The molecule has 2 aromatic heterocycles. The summed E-state index contributed by atoms with van der Waals surface area (Å²) in [5.74, 6) is -0.379. The van der Waals surface area contributed by atoms with Crippen molar-refractivity contribution in [3.63, 3.8) is 0 Å². The minimum atomic E-state index is -0.379. The molecule has 3 heterocycles. The van der Waals surface area contributed by atoms with E-state index in [1.54, 1.807) is 16.7 Å². The molecule has 1 aliphatic heterocycles. The van der Waals surface area contributed by atoms with Gasteiger partial charge in [-0.3, -0.25) is 9.48 Å². The van der Waals surface area contributed by atoms with E-state index in [0.717, 1.165) is 29.2 Å². The highest BCUT2D eigenvalue weighted by Gasteiger charge is 2.31. The second-order valence-electron chi connectivity index (χ2n) is 5.54. The first-order valence-electron chi connectivity index (χ1n) is 7.27. The number of hydrogen-bond acceptors (Lipinski definition) is 5. The average Bonchev–Trinajstić information content (AvgIpc) is 3.19. The van der Waals surface area contributed by atoms with Crippen molar-refractivity contribution >= 4 is 17.2 Å². The Hall–Kier alpha value is -1.70. The van der Waals surface area contributed by atoms with E-state index in [0.29, 0.717) is 12.1 Å². The predicted molar refractivity (Wildman–Crippen MR) is 84.7 cm³/mol. The second-order valence-corrected chi connectivity index (χ2v) is 6.54. The zero-order valence-electron chi connectivity index (χ0n) is 12.7. The van der Waals surface area contributed by atoms with E-state index in [2.05, 4.69) is 17.3 Å². The Balaban J connectivity index is 1.66. The van der Waals surface area contributed by atoms with Crippen molar-refractivity contribution in [2.45, 2.75) is 32.0 Å². The zero-order valence-corrected chi connectivity index (χ0v) is 13.5. The third-order valence-electron chi connectivity index (χ3n) is 4.15. The lowest BCUT2D eigenvalue weighted by Gasteiger charge is -2.19. The number of amides is 1. The fraction of sp³-hybridized carbons (Fsp3) is 0.467. The van der Waals surface area contributed by atoms with Crippen molar-refractivity contribution in [3.8, 4) is 0 Å². The summed E-state index contributed by atoms with van der Waals surface area (Å²) < 4.78 is 7.76. The van der Waals surface area contributed by atoms with Gasteiger partial charge in [-0.2, -0.15) is 5.10 Å².